The molecular formula is C17H28N4O2. The summed E-state index contributed by atoms with van der Waals surface area (Å²) >= 11 is 0. The number of carbonyl (C=O) groups is 2. The Hall–Kier alpha value is -1.85. The molecule has 2 heterocycles. The van der Waals surface area contributed by atoms with Crippen molar-refractivity contribution in [2.75, 3.05) is 13.6 Å². The monoisotopic (exact) mass is 320 g/mol. The lowest BCUT2D eigenvalue weighted by atomic mass is 9.92. The molecule has 0 saturated carbocycles. The Morgan fingerprint density at radius 2 is 2.09 bits per heavy atom. The summed E-state index contributed by atoms with van der Waals surface area (Å²) in [4.78, 5) is 27.9. The van der Waals surface area contributed by atoms with Crippen molar-refractivity contribution >= 4 is 11.8 Å². The van der Waals surface area contributed by atoms with Gasteiger partial charge < -0.3 is 9.80 Å². The van der Waals surface area contributed by atoms with Crippen LogP contribution in [0.2, 0.25) is 0 Å². The normalized spacial score (nSPS) is 18.8. The van der Waals surface area contributed by atoms with E-state index >= 15 is 0 Å². The van der Waals surface area contributed by atoms with Gasteiger partial charge in [0.1, 0.15) is 6.04 Å². The zero-order valence-electron chi connectivity index (χ0n) is 14.8. The van der Waals surface area contributed by atoms with Crippen molar-refractivity contribution in [2.24, 2.45) is 0 Å². The van der Waals surface area contributed by atoms with E-state index in [4.69, 9.17) is 0 Å². The van der Waals surface area contributed by atoms with E-state index in [-0.39, 0.29) is 23.3 Å². The SMILES string of the molecule is CC(=O)N1CCCC[C@H]1C(=O)N(C)Cc1cc(C(C)(C)C)n[nH]1. The number of nitrogens with one attached hydrogen (secondary N) is 1. The van der Waals surface area contributed by atoms with Crippen molar-refractivity contribution in [3.05, 3.63) is 17.5 Å². The van der Waals surface area contributed by atoms with Crippen LogP contribution in [0.1, 0.15) is 58.3 Å². The molecule has 0 spiro atoms. The van der Waals surface area contributed by atoms with Gasteiger partial charge in [0, 0.05) is 25.9 Å². The van der Waals surface area contributed by atoms with Crippen molar-refractivity contribution in [1.82, 2.24) is 20.0 Å². The van der Waals surface area contributed by atoms with Crippen LogP contribution >= 0.6 is 0 Å². The lowest BCUT2D eigenvalue weighted by molar-refractivity contribution is -0.146. The summed E-state index contributed by atoms with van der Waals surface area (Å²) in [6.07, 6.45) is 2.72. The molecule has 2 rings (SSSR count). The third kappa shape index (κ3) is 4.12. The van der Waals surface area contributed by atoms with Crippen molar-refractivity contribution < 1.29 is 9.59 Å². The lowest BCUT2D eigenvalue weighted by Crippen LogP contribution is -2.51. The number of hydrogen-bond acceptors (Lipinski definition) is 3. The maximum absolute atomic E-state index is 12.7. The summed E-state index contributed by atoms with van der Waals surface area (Å²) in [6, 6.07) is 1.68. The van der Waals surface area contributed by atoms with E-state index in [2.05, 4.69) is 31.0 Å². The third-order valence-electron chi connectivity index (χ3n) is 4.38. The number of rotatable bonds is 3. The van der Waals surface area contributed by atoms with E-state index in [0.29, 0.717) is 13.1 Å². The molecule has 1 aromatic rings. The number of H-pyrrole nitrogens is 1. The average Bonchev–Trinajstić information content (AvgIpc) is 2.95. The van der Waals surface area contributed by atoms with Gasteiger partial charge in [0.25, 0.3) is 0 Å². The number of amides is 2. The minimum atomic E-state index is -0.323. The fourth-order valence-corrected chi connectivity index (χ4v) is 2.98. The van der Waals surface area contributed by atoms with Crippen molar-refractivity contribution in [3.63, 3.8) is 0 Å². The fourth-order valence-electron chi connectivity index (χ4n) is 2.98. The maximum Gasteiger partial charge on any atom is 0.245 e. The molecule has 0 unspecified atom stereocenters. The molecule has 0 aliphatic carbocycles. The molecule has 1 saturated heterocycles. The number of aromatic amines is 1. The summed E-state index contributed by atoms with van der Waals surface area (Å²) in [5.74, 6) is -0.0141. The van der Waals surface area contributed by atoms with Crippen molar-refractivity contribution in [3.8, 4) is 0 Å². The second kappa shape index (κ2) is 6.72. The predicted octanol–water partition coefficient (Wildman–Crippen LogP) is 2.07. The van der Waals surface area contributed by atoms with Gasteiger partial charge in [-0.25, -0.2) is 0 Å². The first-order valence-electron chi connectivity index (χ1n) is 8.27. The van der Waals surface area contributed by atoms with Crippen LogP contribution in [0, 0.1) is 0 Å². The molecule has 0 bridgehead atoms. The molecular weight excluding hydrogens is 292 g/mol. The highest BCUT2D eigenvalue weighted by Gasteiger charge is 2.32. The molecule has 6 heteroatoms. The first kappa shape index (κ1) is 17.5. The Labute approximate surface area is 138 Å². The molecule has 128 valence electrons. The fraction of sp³-hybridized carbons (Fsp3) is 0.706. The molecule has 0 aromatic carbocycles. The zero-order chi connectivity index (χ0) is 17.2. The Bertz CT molecular complexity index is 573. The quantitative estimate of drug-likeness (QED) is 0.927. The summed E-state index contributed by atoms with van der Waals surface area (Å²) in [5.41, 5.74) is 1.87. The highest BCUT2D eigenvalue weighted by Crippen LogP contribution is 2.22. The maximum atomic E-state index is 12.7. The van der Waals surface area contributed by atoms with Crippen LogP contribution in [0.4, 0.5) is 0 Å². The highest BCUT2D eigenvalue weighted by molar-refractivity contribution is 5.87. The minimum Gasteiger partial charge on any atom is -0.338 e. The molecule has 1 atom stereocenters. The van der Waals surface area contributed by atoms with Gasteiger partial charge in [-0.05, 0) is 25.3 Å². The average molecular weight is 320 g/mol. The molecule has 6 nitrogen and oxygen atoms in total. The zero-order valence-corrected chi connectivity index (χ0v) is 14.8. The Morgan fingerprint density at radius 3 is 2.65 bits per heavy atom. The van der Waals surface area contributed by atoms with E-state index in [1.807, 2.05) is 6.07 Å². The summed E-state index contributed by atoms with van der Waals surface area (Å²) in [6.45, 7) is 9.01. The molecule has 1 aliphatic heterocycles. The number of likely N-dealkylation sites (tertiary alicyclic amines) is 1. The standard InChI is InChI=1S/C17H28N4O2/c1-12(22)21-9-7-6-8-14(21)16(23)20(5)11-13-10-15(19-18-13)17(2,3)4/h10,14H,6-9,11H2,1-5H3,(H,18,19)/t14-/m0/s1. The molecule has 23 heavy (non-hydrogen) atoms. The number of nitrogens with zero attached hydrogens (tertiary/aromatic N) is 3. The van der Waals surface area contributed by atoms with E-state index in [0.717, 1.165) is 30.7 Å². The second-order valence-electron chi connectivity index (χ2n) is 7.45. The molecule has 1 fully saturated rings. The van der Waals surface area contributed by atoms with Crippen LogP contribution in [0.25, 0.3) is 0 Å². The number of piperidine rings is 1. The van der Waals surface area contributed by atoms with Crippen LogP contribution in [-0.4, -0.2) is 51.4 Å². The van der Waals surface area contributed by atoms with Gasteiger partial charge in [0.15, 0.2) is 0 Å². The van der Waals surface area contributed by atoms with Gasteiger partial charge in [-0.1, -0.05) is 20.8 Å². The number of hydrogen-bond donors (Lipinski definition) is 1. The Balaban J connectivity index is 2.04. The van der Waals surface area contributed by atoms with Crippen LogP contribution in [0.5, 0.6) is 0 Å². The molecule has 2 amide bonds. The van der Waals surface area contributed by atoms with Crippen molar-refractivity contribution in [2.45, 2.75) is 65.0 Å². The van der Waals surface area contributed by atoms with Crippen LogP contribution in [-0.2, 0) is 21.5 Å². The summed E-state index contributed by atoms with van der Waals surface area (Å²) in [7, 11) is 1.78. The van der Waals surface area contributed by atoms with Gasteiger partial charge >= 0.3 is 0 Å². The number of carbonyl (C=O) groups excluding carboxylic acids is 2. The van der Waals surface area contributed by atoms with Gasteiger partial charge in [0.05, 0.1) is 17.9 Å². The largest absolute Gasteiger partial charge is 0.338 e. The summed E-state index contributed by atoms with van der Waals surface area (Å²) in [5, 5.41) is 7.34. The van der Waals surface area contributed by atoms with Gasteiger partial charge in [-0.3, -0.25) is 14.7 Å². The smallest absolute Gasteiger partial charge is 0.245 e. The first-order chi connectivity index (χ1) is 10.7. The van der Waals surface area contributed by atoms with Crippen molar-refractivity contribution in [1.29, 1.82) is 0 Å². The predicted molar refractivity (Wildman–Crippen MR) is 88.8 cm³/mol. The lowest BCUT2D eigenvalue weighted by Gasteiger charge is -2.36. The molecule has 1 N–H and O–H groups in total. The first-order valence-corrected chi connectivity index (χ1v) is 8.27. The number of likely N-dealkylation sites (N-methyl/N-ethyl adjacent to an activating group) is 1. The topological polar surface area (TPSA) is 69.3 Å². The van der Waals surface area contributed by atoms with E-state index in [9.17, 15) is 9.59 Å². The van der Waals surface area contributed by atoms with Crippen LogP contribution < -0.4 is 0 Å². The van der Waals surface area contributed by atoms with Gasteiger partial charge in [-0.2, -0.15) is 5.10 Å². The number of aromatic nitrogens is 2. The van der Waals surface area contributed by atoms with E-state index < -0.39 is 0 Å². The Kier molecular flexibility index (Phi) is 5.12. The minimum absolute atomic E-state index is 0.00630. The van der Waals surface area contributed by atoms with E-state index in [1.54, 1.807) is 16.8 Å². The molecule has 1 aromatic heterocycles. The van der Waals surface area contributed by atoms with Crippen LogP contribution in [0.15, 0.2) is 6.07 Å². The molecule has 0 radical (unpaired) electrons. The van der Waals surface area contributed by atoms with Crippen LogP contribution in [0.3, 0.4) is 0 Å². The van der Waals surface area contributed by atoms with Gasteiger partial charge in [0.2, 0.25) is 11.8 Å². The van der Waals surface area contributed by atoms with Gasteiger partial charge in [-0.15, -0.1) is 0 Å². The Morgan fingerprint density at radius 1 is 1.39 bits per heavy atom. The summed E-state index contributed by atoms with van der Waals surface area (Å²) < 4.78 is 0. The van der Waals surface area contributed by atoms with E-state index in [1.165, 1.54) is 6.92 Å². The third-order valence-corrected chi connectivity index (χ3v) is 4.38. The second-order valence-corrected chi connectivity index (χ2v) is 7.45. The molecule has 1 aliphatic rings. The highest BCUT2D eigenvalue weighted by atomic mass is 16.2.